The first kappa shape index (κ1) is 14.5. The fraction of sp³-hybridized carbons (Fsp3) is 0.588. The van der Waals surface area contributed by atoms with Crippen LogP contribution in [0, 0.1) is 5.92 Å². The third kappa shape index (κ3) is 3.63. The molecule has 1 unspecified atom stereocenters. The first-order valence-electron chi connectivity index (χ1n) is 8.01. The zero-order chi connectivity index (χ0) is 14.7. The van der Waals surface area contributed by atoms with Crippen molar-refractivity contribution in [3.8, 4) is 0 Å². The average molecular weight is 288 g/mol. The predicted octanol–water partition coefficient (Wildman–Crippen LogP) is 1.08. The van der Waals surface area contributed by atoms with E-state index in [1.807, 2.05) is 23.1 Å². The molecule has 4 nitrogen and oxygen atoms in total. The van der Waals surface area contributed by atoms with E-state index >= 15 is 0 Å². The fourth-order valence-corrected chi connectivity index (χ4v) is 3.67. The minimum Gasteiger partial charge on any atom is -0.338 e. The lowest BCUT2D eigenvalue weighted by Crippen LogP contribution is -2.57. The van der Waals surface area contributed by atoms with E-state index in [1.165, 1.54) is 18.7 Å². The van der Waals surface area contributed by atoms with E-state index in [-0.39, 0.29) is 0 Å². The van der Waals surface area contributed by atoms with E-state index in [4.69, 9.17) is 0 Å². The summed E-state index contributed by atoms with van der Waals surface area (Å²) in [5.74, 6) is 0.842. The standard InChI is InChI=1S/C17H26N3O/c1-20(9-7-18-8-10-20)14-16-11-17(21)19(13-16)12-15-5-3-2-4-6-15/h2-6,16,18H,7-14H2,1H3/q+1. The van der Waals surface area contributed by atoms with Crippen molar-refractivity contribution in [1.29, 1.82) is 0 Å². The smallest absolute Gasteiger partial charge is 0.223 e. The maximum absolute atomic E-state index is 12.2. The number of hydrogen-bond acceptors (Lipinski definition) is 2. The summed E-state index contributed by atoms with van der Waals surface area (Å²) < 4.78 is 1.12. The van der Waals surface area contributed by atoms with Crippen LogP contribution in [-0.2, 0) is 11.3 Å². The topological polar surface area (TPSA) is 32.3 Å². The number of piperazine rings is 1. The van der Waals surface area contributed by atoms with Crippen molar-refractivity contribution < 1.29 is 9.28 Å². The van der Waals surface area contributed by atoms with E-state index < -0.39 is 0 Å². The van der Waals surface area contributed by atoms with E-state index in [9.17, 15) is 4.79 Å². The Labute approximate surface area is 127 Å². The van der Waals surface area contributed by atoms with Gasteiger partial charge in [-0.1, -0.05) is 30.3 Å². The minimum atomic E-state index is 0.325. The molecule has 2 fully saturated rings. The molecule has 4 heteroatoms. The SMILES string of the molecule is C[N+]1(CC2CC(=O)N(Cc3ccccc3)C2)CCNCC1. The molecule has 0 bridgehead atoms. The van der Waals surface area contributed by atoms with Crippen molar-refractivity contribution >= 4 is 5.91 Å². The number of rotatable bonds is 4. The van der Waals surface area contributed by atoms with Crippen LogP contribution in [0.25, 0.3) is 0 Å². The summed E-state index contributed by atoms with van der Waals surface area (Å²) >= 11 is 0. The van der Waals surface area contributed by atoms with Crippen LogP contribution in [0.2, 0.25) is 0 Å². The van der Waals surface area contributed by atoms with Gasteiger partial charge in [0.05, 0.1) is 26.7 Å². The van der Waals surface area contributed by atoms with Crippen molar-refractivity contribution in [2.75, 3.05) is 46.3 Å². The molecule has 2 aliphatic rings. The molecule has 2 saturated heterocycles. The summed E-state index contributed by atoms with van der Waals surface area (Å²) in [5.41, 5.74) is 1.23. The van der Waals surface area contributed by atoms with Crippen molar-refractivity contribution in [2.45, 2.75) is 13.0 Å². The van der Waals surface area contributed by atoms with Crippen LogP contribution in [-0.4, -0.2) is 61.6 Å². The Morgan fingerprint density at radius 3 is 2.67 bits per heavy atom. The number of quaternary nitrogens is 1. The number of benzene rings is 1. The van der Waals surface area contributed by atoms with Crippen LogP contribution in [0.15, 0.2) is 30.3 Å². The number of likely N-dealkylation sites (tertiary alicyclic amines) is 1. The Balaban J connectivity index is 1.57. The number of nitrogens with one attached hydrogen (secondary N) is 1. The molecular weight excluding hydrogens is 262 g/mol. The maximum atomic E-state index is 12.2. The van der Waals surface area contributed by atoms with E-state index in [0.717, 1.165) is 43.6 Å². The summed E-state index contributed by atoms with van der Waals surface area (Å²) in [7, 11) is 2.34. The molecule has 21 heavy (non-hydrogen) atoms. The third-order valence-corrected chi connectivity index (χ3v) is 4.87. The van der Waals surface area contributed by atoms with E-state index in [0.29, 0.717) is 11.8 Å². The maximum Gasteiger partial charge on any atom is 0.223 e. The van der Waals surface area contributed by atoms with Gasteiger partial charge in [0.25, 0.3) is 0 Å². The fourth-order valence-electron chi connectivity index (χ4n) is 3.67. The van der Waals surface area contributed by atoms with Gasteiger partial charge in [-0.2, -0.15) is 0 Å². The number of carbonyl (C=O) groups is 1. The molecular formula is C17H26N3O+. The molecule has 0 aliphatic carbocycles. The van der Waals surface area contributed by atoms with Crippen molar-refractivity contribution in [3.63, 3.8) is 0 Å². The average Bonchev–Trinajstić information content (AvgIpc) is 2.80. The highest BCUT2D eigenvalue weighted by molar-refractivity contribution is 5.78. The van der Waals surface area contributed by atoms with Gasteiger partial charge in [0.2, 0.25) is 5.91 Å². The molecule has 1 N–H and O–H groups in total. The largest absolute Gasteiger partial charge is 0.338 e. The van der Waals surface area contributed by atoms with Crippen LogP contribution in [0.3, 0.4) is 0 Å². The first-order chi connectivity index (χ1) is 10.1. The van der Waals surface area contributed by atoms with Crippen LogP contribution in [0.5, 0.6) is 0 Å². The molecule has 0 radical (unpaired) electrons. The zero-order valence-corrected chi connectivity index (χ0v) is 12.9. The van der Waals surface area contributed by atoms with Gasteiger partial charge in [-0.15, -0.1) is 0 Å². The molecule has 1 aromatic carbocycles. The number of amides is 1. The van der Waals surface area contributed by atoms with Gasteiger partial charge < -0.3 is 14.7 Å². The molecule has 1 amide bonds. The molecule has 0 saturated carbocycles. The number of carbonyl (C=O) groups excluding carboxylic acids is 1. The van der Waals surface area contributed by atoms with E-state index in [1.54, 1.807) is 0 Å². The van der Waals surface area contributed by atoms with Gasteiger partial charge in [-0.3, -0.25) is 4.79 Å². The Kier molecular flexibility index (Phi) is 4.27. The van der Waals surface area contributed by atoms with Crippen molar-refractivity contribution in [1.82, 2.24) is 10.2 Å². The molecule has 114 valence electrons. The predicted molar refractivity (Wildman–Crippen MR) is 83.6 cm³/mol. The Morgan fingerprint density at radius 1 is 1.24 bits per heavy atom. The quantitative estimate of drug-likeness (QED) is 0.841. The lowest BCUT2D eigenvalue weighted by molar-refractivity contribution is -0.914. The molecule has 2 aliphatic heterocycles. The molecule has 3 rings (SSSR count). The molecule has 2 heterocycles. The molecule has 1 atom stereocenters. The lowest BCUT2D eigenvalue weighted by atomic mass is 10.1. The minimum absolute atomic E-state index is 0.325. The summed E-state index contributed by atoms with van der Waals surface area (Å²) in [5, 5.41) is 3.42. The highest BCUT2D eigenvalue weighted by Gasteiger charge is 2.36. The summed E-state index contributed by atoms with van der Waals surface area (Å²) in [6.45, 7) is 7.40. The number of nitrogens with zero attached hydrogens (tertiary/aromatic N) is 2. The lowest BCUT2D eigenvalue weighted by Gasteiger charge is -2.39. The molecule has 1 aromatic rings. The third-order valence-electron chi connectivity index (χ3n) is 4.87. The molecule has 0 spiro atoms. The highest BCUT2D eigenvalue weighted by atomic mass is 16.2. The monoisotopic (exact) mass is 288 g/mol. The molecule has 0 aromatic heterocycles. The highest BCUT2D eigenvalue weighted by Crippen LogP contribution is 2.23. The number of likely N-dealkylation sites (N-methyl/N-ethyl adjacent to an activating group) is 1. The van der Waals surface area contributed by atoms with Gasteiger partial charge in [0.15, 0.2) is 0 Å². The van der Waals surface area contributed by atoms with Gasteiger partial charge >= 0.3 is 0 Å². The normalized spacial score (nSPS) is 25.3. The zero-order valence-electron chi connectivity index (χ0n) is 12.9. The summed E-state index contributed by atoms with van der Waals surface area (Å²) in [6.07, 6.45) is 0.730. The van der Waals surface area contributed by atoms with Gasteiger partial charge in [-0.25, -0.2) is 0 Å². The van der Waals surface area contributed by atoms with Crippen LogP contribution in [0.1, 0.15) is 12.0 Å². The number of hydrogen-bond donors (Lipinski definition) is 1. The second-order valence-corrected chi connectivity index (χ2v) is 6.83. The van der Waals surface area contributed by atoms with Gasteiger partial charge in [0.1, 0.15) is 0 Å². The van der Waals surface area contributed by atoms with Gasteiger partial charge in [0, 0.05) is 38.5 Å². The Bertz CT molecular complexity index is 482. The second-order valence-electron chi connectivity index (χ2n) is 6.83. The van der Waals surface area contributed by atoms with Gasteiger partial charge in [-0.05, 0) is 5.56 Å². The summed E-state index contributed by atoms with van der Waals surface area (Å²) in [6, 6.07) is 10.3. The van der Waals surface area contributed by atoms with Crippen LogP contribution < -0.4 is 5.32 Å². The van der Waals surface area contributed by atoms with Crippen molar-refractivity contribution in [3.05, 3.63) is 35.9 Å². The van der Waals surface area contributed by atoms with Crippen LogP contribution >= 0.6 is 0 Å². The Hall–Kier alpha value is -1.39. The van der Waals surface area contributed by atoms with Crippen molar-refractivity contribution in [2.24, 2.45) is 5.92 Å². The summed E-state index contributed by atoms with van der Waals surface area (Å²) in [4.78, 5) is 14.3. The van der Waals surface area contributed by atoms with Crippen LogP contribution in [0.4, 0.5) is 0 Å². The van der Waals surface area contributed by atoms with E-state index in [2.05, 4.69) is 24.5 Å². The Morgan fingerprint density at radius 2 is 1.95 bits per heavy atom. The second kappa shape index (κ2) is 6.16. The first-order valence-corrected chi connectivity index (χ1v) is 8.01.